The SMILES string of the molecule is CCOC(=O)c1sc(N2CC[C@@H](NC(=O)c3[nH]c(C)c(Cl)c3Cl)[C@@H](OC)C2)nc1C(=O)NC(C)(C)CO. The van der Waals surface area contributed by atoms with Crippen molar-refractivity contribution in [1.29, 1.82) is 0 Å². The van der Waals surface area contributed by atoms with E-state index in [0.29, 0.717) is 35.4 Å². The summed E-state index contributed by atoms with van der Waals surface area (Å²) in [6.45, 7) is 7.37. The average Bonchev–Trinajstić information content (AvgIpc) is 3.42. The normalized spacial score (nSPS) is 18.0. The Morgan fingerprint density at radius 3 is 2.54 bits per heavy atom. The largest absolute Gasteiger partial charge is 0.462 e. The standard InChI is InChI=1S/C23H31Cl2N5O6S/c1-6-36-21(34)18-17(20(33)29-23(3,4)10-31)28-22(37-18)30-8-7-12(13(9-30)35-5)27-19(32)16-15(25)14(24)11(2)26-16/h12-13,26,31H,6-10H2,1-5H3,(H,27,32)(H,29,33)/t12-,13+/m1/s1. The number of rotatable bonds is 9. The fourth-order valence-corrected chi connectivity index (χ4v) is 5.21. The molecule has 1 aliphatic rings. The number of nitrogens with zero attached hydrogens (tertiary/aromatic N) is 2. The number of carbonyl (C=O) groups excluding carboxylic acids is 3. The van der Waals surface area contributed by atoms with Gasteiger partial charge >= 0.3 is 5.97 Å². The number of halogens is 2. The molecule has 204 valence electrons. The van der Waals surface area contributed by atoms with Crippen molar-refractivity contribution >= 4 is 57.5 Å². The highest BCUT2D eigenvalue weighted by Gasteiger charge is 2.35. The highest BCUT2D eigenvalue weighted by molar-refractivity contribution is 7.17. The van der Waals surface area contributed by atoms with Crippen molar-refractivity contribution in [2.24, 2.45) is 0 Å². The molecule has 1 saturated heterocycles. The predicted molar refractivity (Wildman–Crippen MR) is 141 cm³/mol. The van der Waals surface area contributed by atoms with Crippen LogP contribution in [0, 0.1) is 6.92 Å². The van der Waals surface area contributed by atoms with E-state index in [1.807, 2.05) is 4.90 Å². The second-order valence-corrected chi connectivity index (χ2v) is 11.0. The highest BCUT2D eigenvalue weighted by Crippen LogP contribution is 2.32. The first-order valence-corrected chi connectivity index (χ1v) is 13.2. The number of piperidine rings is 1. The first kappa shape index (κ1) is 29.2. The predicted octanol–water partition coefficient (Wildman–Crippen LogP) is 2.79. The van der Waals surface area contributed by atoms with E-state index in [-0.39, 0.29) is 40.5 Å². The molecule has 1 fully saturated rings. The molecule has 11 nitrogen and oxygen atoms in total. The summed E-state index contributed by atoms with van der Waals surface area (Å²) in [5.41, 5.74) is -0.201. The van der Waals surface area contributed by atoms with E-state index >= 15 is 0 Å². The Kier molecular flexibility index (Phi) is 9.46. The molecule has 4 N–H and O–H groups in total. The van der Waals surface area contributed by atoms with Crippen LogP contribution in [0.4, 0.5) is 5.13 Å². The number of aromatic amines is 1. The maximum absolute atomic E-state index is 12.9. The number of ether oxygens (including phenoxy) is 2. The summed E-state index contributed by atoms with van der Waals surface area (Å²) in [7, 11) is 1.54. The summed E-state index contributed by atoms with van der Waals surface area (Å²) in [5, 5.41) is 16.0. The van der Waals surface area contributed by atoms with Crippen molar-refractivity contribution in [1.82, 2.24) is 20.6 Å². The Hall–Kier alpha value is -2.38. The van der Waals surface area contributed by atoms with Gasteiger partial charge in [0.15, 0.2) is 10.8 Å². The number of aromatic nitrogens is 2. The molecule has 14 heteroatoms. The topological polar surface area (TPSA) is 146 Å². The van der Waals surface area contributed by atoms with Gasteiger partial charge in [-0.1, -0.05) is 34.5 Å². The second-order valence-electron chi connectivity index (χ2n) is 9.23. The number of hydrogen-bond acceptors (Lipinski definition) is 9. The third-order valence-corrected chi connectivity index (χ3v) is 7.91. The molecule has 0 radical (unpaired) electrons. The van der Waals surface area contributed by atoms with E-state index in [0.717, 1.165) is 11.3 Å². The first-order valence-electron chi connectivity index (χ1n) is 11.7. The molecule has 0 saturated carbocycles. The lowest BCUT2D eigenvalue weighted by Gasteiger charge is -2.37. The third kappa shape index (κ3) is 6.55. The van der Waals surface area contributed by atoms with Gasteiger partial charge in [-0.3, -0.25) is 9.59 Å². The van der Waals surface area contributed by atoms with Crippen LogP contribution in [0.3, 0.4) is 0 Å². The van der Waals surface area contributed by atoms with Crippen LogP contribution in [0.5, 0.6) is 0 Å². The van der Waals surface area contributed by atoms with Crippen LogP contribution in [0.2, 0.25) is 10.0 Å². The van der Waals surface area contributed by atoms with Crippen molar-refractivity contribution in [2.75, 3.05) is 38.3 Å². The molecule has 2 aromatic heterocycles. The zero-order valence-corrected chi connectivity index (χ0v) is 23.6. The molecule has 0 spiro atoms. The Labute approximate surface area is 228 Å². The number of anilines is 1. The number of aliphatic hydroxyl groups excluding tert-OH is 1. The smallest absolute Gasteiger partial charge is 0.350 e. The average molecular weight is 577 g/mol. The summed E-state index contributed by atoms with van der Waals surface area (Å²) >= 11 is 13.3. The van der Waals surface area contributed by atoms with Crippen LogP contribution in [-0.4, -0.2) is 84.0 Å². The molecular formula is C23H31Cl2N5O6S. The zero-order valence-electron chi connectivity index (χ0n) is 21.2. The number of aliphatic hydroxyl groups is 1. The molecule has 0 bridgehead atoms. The van der Waals surface area contributed by atoms with E-state index in [2.05, 4.69) is 20.6 Å². The van der Waals surface area contributed by atoms with Crippen LogP contribution in [0.15, 0.2) is 0 Å². The first-order chi connectivity index (χ1) is 17.4. The summed E-state index contributed by atoms with van der Waals surface area (Å²) < 4.78 is 10.8. The quantitative estimate of drug-likeness (QED) is 0.334. The van der Waals surface area contributed by atoms with Gasteiger partial charge in [0.25, 0.3) is 11.8 Å². The molecule has 2 atom stereocenters. The van der Waals surface area contributed by atoms with Crippen molar-refractivity contribution < 1.29 is 29.0 Å². The van der Waals surface area contributed by atoms with Gasteiger partial charge in [0.2, 0.25) is 0 Å². The maximum atomic E-state index is 12.9. The molecule has 3 heterocycles. The third-order valence-electron chi connectivity index (χ3n) is 5.87. The van der Waals surface area contributed by atoms with Crippen molar-refractivity contribution in [3.8, 4) is 0 Å². The van der Waals surface area contributed by atoms with Gasteiger partial charge in [-0.25, -0.2) is 9.78 Å². The van der Waals surface area contributed by atoms with E-state index in [1.165, 1.54) is 7.11 Å². The van der Waals surface area contributed by atoms with Crippen LogP contribution in [0.1, 0.15) is 63.5 Å². The highest BCUT2D eigenvalue weighted by atomic mass is 35.5. The number of H-pyrrole nitrogens is 1. The molecule has 0 aromatic carbocycles. The summed E-state index contributed by atoms with van der Waals surface area (Å²) in [4.78, 5) is 47.7. The number of methoxy groups -OCH3 is 1. The lowest BCUT2D eigenvalue weighted by Crippen LogP contribution is -2.55. The summed E-state index contributed by atoms with van der Waals surface area (Å²) in [5.74, 6) is -1.64. The van der Waals surface area contributed by atoms with E-state index in [1.54, 1.807) is 27.7 Å². The molecule has 1 aliphatic heterocycles. The Morgan fingerprint density at radius 2 is 1.97 bits per heavy atom. The van der Waals surface area contributed by atoms with Crippen molar-refractivity contribution in [2.45, 2.75) is 51.8 Å². The van der Waals surface area contributed by atoms with Crippen molar-refractivity contribution in [3.63, 3.8) is 0 Å². The van der Waals surface area contributed by atoms with Crippen LogP contribution < -0.4 is 15.5 Å². The van der Waals surface area contributed by atoms with Gasteiger partial charge in [-0.05, 0) is 34.1 Å². The lowest BCUT2D eigenvalue weighted by molar-refractivity contribution is 0.0526. The Balaban J connectivity index is 1.79. The van der Waals surface area contributed by atoms with E-state index < -0.39 is 29.4 Å². The minimum Gasteiger partial charge on any atom is -0.462 e. The van der Waals surface area contributed by atoms with Gasteiger partial charge in [0.05, 0.1) is 40.9 Å². The van der Waals surface area contributed by atoms with E-state index in [9.17, 15) is 19.5 Å². The molecule has 37 heavy (non-hydrogen) atoms. The second kappa shape index (κ2) is 12.0. The number of aryl methyl sites for hydroxylation is 1. The molecule has 0 aliphatic carbocycles. The van der Waals surface area contributed by atoms with Gasteiger partial charge in [0, 0.05) is 25.9 Å². The number of nitrogens with one attached hydrogen (secondary N) is 3. The van der Waals surface area contributed by atoms with Gasteiger partial charge < -0.3 is 35.1 Å². The summed E-state index contributed by atoms with van der Waals surface area (Å²) in [6, 6.07) is -0.329. The number of amides is 2. The van der Waals surface area contributed by atoms with Gasteiger partial charge in [0.1, 0.15) is 10.6 Å². The molecule has 2 amide bonds. The number of carbonyl (C=O) groups is 3. The van der Waals surface area contributed by atoms with Crippen LogP contribution in [-0.2, 0) is 9.47 Å². The zero-order chi connectivity index (χ0) is 27.5. The molecule has 0 unspecified atom stereocenters. The lowest BCUT2D eigenvalue weighted by atomic mass is 10.0. The fourth-order valence-electron chi connectivity index (χ4n) is 3.80. The molecular weight excluding hydrogens is 545 g/mol. The number of thiazole rings is 1. The Morgan fingerprint density at radius 1 is 1.27 bits per heavy atom. The fraction of sp³-hybridized carbons (Fsp3) is 0.565. The van der Waals surface area contributed by atoms with Crippen LogP contribution in [0.25, 0.3) is 0 Å². The minimum absolute atomic E-state index is 0.0705. The maximum Gasteiger partial charge on any atom is 0.350 e. The monoisotopic (exact) mass is 575 g/mol. The molecule has 3 rings (SSSR count). The van der Waals surface area contributed by atoms with Gasteiger partial charge in [-0.2, -0.15) is 0 Å². The number of hydrogen-bond donors (Lipinski definition) is 4. The minimum atomic E-state index is -0.907. The van der Waals surface area contributed by atoms with E-state index in [4.69, 9.17) is 32.7 Å². The Bertz CT molecular complexity index is 1170. The van der Waals surface area contributed by atoms with Crippen molar-refractivity contribution in [3.05, 3.63) is 32.0 Å². The molecule has 2 aromatic rings. The van der Waals surface area contributed by atoms with Crippen LogP contribution >= 0.6 is 34.5 Å². The number of esters is 1. The summed E-state index contributed by atoms with van der Waals surface area (Å²) in [6.07, 6.45) is 0.0893. The van der Waals surface area contributed by atoms with Gasteiger partial charge in [-0.15, -0.1) is 0 Å².